The molecule has 1 fully saturated rings. The first-order chi connectivity index (χ1) is 13.3. The Hall–Kier alpha value is -2.96. The second-order valence-electron chi connectivity index (χ2n) is 7.94. The summed E-state index contributed by atoms with van der Waals surface area (Å²) in [5, 5.41) is 2.90. The van der Waals surface area contributed by atoms with Gasteiger partial charge in [-0.05, 0) is 23.1 Å². The van der Waals surface area contributed by atoms with E-state index in [4.69, 9.17) is 0 Å². The molecule has 3 rings (SSSR count). The number of nitrogens with one attached hydrogen (secondary N) is 1. The van der Waals surface area contributed by atoms with Gasteiger partial charge in [0, 0.05) is 44.3 Å². The van der Waals surface area contributed by atoms with Crippen molar-refractivity contribution in [2.45, 2.75) is 32.6 Å². The van der Waals surface area contributed by atoms with Crippen LogP contribution in [0.15, 0.2) is 42.7 Å². The van der Waals surface area contributed by atoms with Gasteiger partial charge in [-0.15, -0.1) is 0 Å². The Morgan fingerprint density at radius 1 is 1.00 bits per heavy atom. The zero-order valence-electron chi connectivity index (χ0n) is 16.7. The van der Waals surface area contributed by atoms with Gasteiger partial charge in [0.2, 0.25) is 17.8 Å². The summed E-state index contributed by atoms with van der Waals surface area (Å²) < 4.78 is 0. The Kier molecular flexibility index (Phi) is 5.92. The number of nitrogens with zero attached hydrogens (tertiary/aromatic N) is 4. The van der Waals surface area contributed by atoms with Crippen molar-refractivity contribution in [2.75, 3.05) is 36.4 Å². The smallest absolute Gasteiger partial charge is 0.233 e. The second-order valence-corrected chi connectivity index (χ2v) is 7.94. The van der Waals surface area contributed by atoms with Gasteiger partial charge in [0.25, 0.3) is 0 Å². The van der Waals surface area contributed by atoms with Crippen LogP contribution < -0.4 is 10.2 Å². The molecule has 0 bridgehead atoms. The molecule has 0 spiro atoms. The van der Waals surface area contributed by atoms with Crippen molar-refractivity contribution in [3.8, 4) is 0 Å². The maximum atomic E-state index is 12.5. The number of piperazine rings is 1. The van der Waals surface area contributed by atoms with Crippen LogP contribution in [0.2, 0.25) is 0 Å². The van der Waals surface area contributed by atoms with Crippen LogP contribution in [0.4, 0.5) is 11.6 Å². The predicted molar refractivity (Wildman–Crippen MR) is 109 cm³/mol. The van der Waals surface area contributed by atoms with Crippen LogP contribution in [0.5, 0.6) is 0 Å². The van der Waals surface area contributed by atoms with E-state index < -0.39 is 0 Å². The van der Waals surface area contributed by atoms with Gasteiger partial charge in [0.05, 0.1) is 0 Å². The molecule has 0 aliphatic carbocycles. The van der Waals surface area contributed by atoms with Crippen LogP contribution in [0.1, 0.15) is 32.8 Å². The molecular weight excluding hydrogens is 354 g/mol. The number of anilines is 2. The first kappa shape index (κ1) is 19.8. The Balaban J connectivity index is 1.54. The summed E-state index contributed by atoms with van der Waals surface area (Å²) in [5.41, 5.74) is 1.72. The average Bonchev–Trinajstić information content (AvgIpc) is 2.68. The number of hydrogen-bond donors (Lipinski definition) is 1. The monoisotopic (exact) mass is 381 g/mol. The van der Waals surface area contributed by atoms with Crippen molar-refractivity contribution in [3.63, 3.8) is 0 Å². The lowest BCUT2D eigenvalue weighted by atomic mass is 9.86. The van der Waals surface area contributed by atoms with Crippen molar-refractivity contribution in [1.29, 1.82) is 0 Å². The van der Waals surface area contributed by atoms with E-state index in [-0.39, 0.29) is 23.7 Å². The minimum Gasteiger partial charge on any atom is -0.339 e. The van der Waals surface area contributed by atoms with Crippen LogP contribution in [0.25, 0.3) is 0 Å². The average molecular weight is 381 g/mol. The summed E-state index contributed by atoms with van der Waals surface area (Å²) in [6.07, 6.45) is 3.26. The number of aromatic nitrogens is 2. The number of para-hydroxylation sites is 1. The van der Waals surface area contributed by atoms with Gasteiger partial charge in [0.1, 0.15) is 6.42 Å². The fraction of sp³-hybridized carbons (Fsp3) is 0.429. The molecule has 0 radical (unpaired) electrons. The highest BCUT2D eigenvalue weighted by Gasteiger charge is 2.25. The first-order valence-corrected chi connectivity index (χ1v) is 9.54. The second kappa shape index (κ2) is 8.37. The molecule has 1 aliphatic rings. The van der Waals surface area contributed by atoms with Crippen LogP contribution >= 0.6 is 0 Å². The van der Waals surface area contributed by atoms with Crippen molar-refractivity contribution in [3.05, 3.63) is 48.3 Å². The minimum atomic E-state index is -0.282. The highest BCUT2D eigenvalue weighted by Crippen LogP contribution is 2.29. The molecule has 0 unspecified atom stereocenters. The van der Waals surface area contributed by atoms with Gasteiger partial charge >= 0.3 is 0 Å². The van der Waals surface area contributed by atoms with Gasteiger partial charge in [0.15, 0.2) is 0 Å². The van der Waals surface area contributed by atoms with Gasteiger partial charge in [-0.3, -0.25) is 9.59 Å². The number of rotatable bonds is 4. The molecule has 148 valence electrons. The molecule has 1 aliphatic heterocycles. The van der Waals surface area contributed by atoms with Crippen LogP contribution in [0, 0.1) is 0 Å². The summed E-state index contributed by atoms with van der Waals surface area (Å²) in [4.78, 5) is 37.2. The number of carbonyl (C=O) groups is 2. The molecule has 28 heavy (non-hydrogen) atoms. The number of hydrogen-bond acceptors (Lipinski definition) is 5. The van der Waals surface area contributed by atoms with Gasteiger partial charge in [-0.2, -0.15) is 0 Å². The van der Waals surface area contributed by atoms with E-state index in [1.807, 2.05) is 29.2 Å². The lowest BCUT2D eigenvalue weighted by molar-refractivity contribution is -0.134. The van der Waals surface area contributed by atoms with Crippen molar-refractivity contribution in [1.82, 2.24) is 14.9 Å². The van der Waals surface area contributed by atoms with E-state index in [0.717, 1.165) is 11.3 Å². The largest absolute Gasteiger partial charge is 0.339 e. The lowest BCUT2D eigenvalue weighted by Crippen LogP contribution is -2.49. The van der Waals surface area contributed by atoms with E-state index in [9.17, 15) is 9.59 Å². The highest BCUT2D eigenvalue weighted by molar-refractivity contribution is 6.04. The SMILES string of the molecule is CC(C)(C)c1ccccc1NC(=O)CC(=O)N1CCN(c2ncccn2)CC1. The van der Waals surface area contributed by atoms with E-state index in [1.54, 1.807) is 23.4 Å². The van der Waals surface area contributed by atoms with Gasteiger partial charge in [-0.1, -0.05) is 39.0 Å². The summed E-state index contributed by atoms with van der Waals surface area (Å²) >= 11 is 0. The number of amides is 2. The number of carbonyl (C=O) groups excluding carboxylic acids is 2. The quantitative estimate of drug-likeness (QED) is 0.823. The fourth-order valence-corrected chi connectivity index (χ4v) is 3.30. The zero-order valence-corrected chi connectivity index (χ0v) is 16.7. The maximum absolute atomic E-state index is 12.5. The standard InChI is InChI=1S/C21H27N5O2/c1-21(2,3)16-7-4-5-8-17(16)24-18(27)15-19(28)25-11-13-26(14-12-25)20-22-9-6-10-23-20/h4-10H,11-15H2,1-3H3,(H,24,27). The lowest BCUT2D eigenvalue weighted by Gasteiger charge is -2.34. The summed E-state index contributed by atoms with van der Waals surface area (Å²) in [5.74, 6) is 0.237. The number of benzene rings is 1. The molecule has 1 saturated heterocycles. The maximum Gasteiger partial charge on any atom is 0.233 e. The Bertz CT molecular complexity index is 824. The topological polar surface area (TPSA) is 78.4 Å². The Morgan fingerprint density at radius 2 is 1.64 bits per heavy atom. The van der Waals surface area contributed by atoms with Crippen molar-refractivity contribution in [2.24, 2.45) is 0 Å². The third-order valence-electron chi connectivity index (χ3n) is 4.79. The van der Waals surface area contributed by atoms with Crippen LogP contribution in [-0.2, 0) is 15.0 Å². The Labute approximate surface area is 165 Å². The molecule has 7 heteroatoms. The summed E-state index contributed by atoms with van der Waals surface area (Å²) in [6, 6.07) is 9.50. The highest BCUT2D eigenvalue weighted by atomic mass is 16.2. The van der Waals surface area contributed by atoms with E-state index in [0.29, 0.717) is 32.1 Å². The molecule has 2 heterocycles. The molecule has 1 aromatic heterocycles. The molecule has 1 aromatic carbocycles. The normalized spacial score (nSPS) is 14.7. The van der Waals surface area contributed by atoms with Crippen LogP contribution in [0.3, 0.4) is 0 Å². The van der Waals surface area contributed by atoms with Gasteiger partial charge < -0.3 is 15.1 Å². The van der Waals surface area contributed by atoms with E-state index >= 15 is 0 Å². The molecule has 2 aromatic rings. The van der Waals surface area contributed by atoms with E-state index in [1.165, 1.54) is 0 Å². The minimum absolute atomic E-state index is 0.0935. The first-order valence-electron chi connectivity index (χ1n) is 9.54. The third kappa shape index (κ3) is 4.85. The summed E-state index contributed by atoms with van der Waals surface area (Å²) in [6.45, 7) is 8.72. The molecule has 0 saturated carbocycles. The van der Waals surface area contributed by atoms with Crippen molar-refractivity contribution < 1.29 is 9.59 Å². The molecular formula is C21H27N5O2. The molecule has 1 N–H and O–H groups in total. The molecule has 2 amide bonds. The third-order valence-corrected chi connectivity index (χ3v) is 4.79. The predicted octanol–water partition coefficient (Wildman–Crippen LogP) is 2.45. The fourth-order valence-electron chi connectivity index (χ4n) is 3.30. The Morgan fingerprint density at radius 3 is 2.29 bits per heavy atom. The van der Waals surface area contributed by atoms with E-state index in [2.05, 4.69) is 36.1 Å². The van der Waals surface area contributed by atoms with Gasteiger partial charge in [-0.25, -0.2) is 9.97 Å². The molecule has 0 atom stereocenters. The summed E-state index contributed by atoms with van der Waals surface area (Å²) in [7, 11) is 0. The molecule has 7 nitrogen and oxygen atoms in total. The zero-order chi connectivity index (χ0) is 20.1. The van der Waals surface area contributed by atoms with Crippen LogP contribution in [-0.4, -0.2) is 52.9 Å². The van der Waals surface area contributed by atoms with Crippen molar-refractivity contribution >= 4 is 23.5 Å².